The molecule has 0 fully saturated rings. The Bertz CT molecular complexity index is 173. The molecular formula is C11H23NO2. The van der Waals surface area contributed by atoms with Crippen LogP contribution < -0.4 is 5.32 Å². The van der Waals surface area contributed by atoms with E-state index in [9.17, 15) is 4.79 Å². The summed E-state index contributed by atoms with van der Waals surface area (Å²) in [7, 11) is 0. The van der Waals surface area contributed by atoms with Crippen LogP contribution in [0, 0.1) is 5.41 Å². The summed E-state index contributed by atoms with van der Waals surface area (Å²) < 4.78 is 5.29. The van der Waals surface area contributed by atoms with Crippen LogP contribution in [0.4, 0.5) is 0 Å². The molecule has 84 valence electrons. The van der Waals surface area contributed by atoms with Gasteiger partial charge in [-0.2, -0.15) is 0 Å². The van der Waals surface area contributed by atoms with Crippen molar-refractivity contribution in [1.82, 2.24) is 5.32 Å². The number of hydrogen-bond acceptors (Lipinski definition) is 2. The average molecular weight is 201 g/mol. The molecule has 0 aliphatic rings. The maximum absolute atomic E-state index is 11.3. The van der Waals surface area contributed by atoms with Crippen LogP contribution in [0.3, 0.4) is 0 Å². The van der Waals surface area contributed by atoms with Gasteiger partial charge in [0.2, 0.25) is 5.91 Å². The van der Waals surface area contributed by atoms with E-state index in [1.165, 1.54) is 0 Å². The van der Waals surface area contributed by atoms with Gasteiger partial charge in [0.15, 0.2) is 0 Å². The van der Waals surface area contributed by atoms with Crippen molar-refractivity contribution in [2.24, 2.45) is 5.41 Å². The second kappa shape index (κ2) is 6.02. The van der Waals surface area contributed by atoms with E-state index in [1.807, 2.05) is 13.8 Å². The zero-order chi connectivity index (χ0) is 11.2. The van der Waals surface area contributed by atoms with Gasteiger partial charge in [0.05, 0.1) is 6.61 Å². The summed E-state index contributed by atoms with van der Waals surface area (Å²) in [6, 6.07) is 0.237. The Balaban J connectivity index is 3.55. The van der Waals surface area contributed by atoms with Crippen LogP contribution in [0.1, 0.15) is 41.0 Å². The number of nitrogens with one attached hydrogen (secondary N) is 1. The van der Waals surface area contributed by atoms with E-state index >= 15 is 0 Å². The summed E-state index contributed by atoms with van der Waals surface area (Å²) in [6.07, 6.45) is 0.949. The monoisotopic (exact) mass is 201 g/mol. The highest BCUT2D eigenvalue weighted by Gasteiger charge is 2.12. The molecule has 0 rings (SSSR count). The molecule has 1 atom stereocenters. The Hall–Kier alpha value is -0.570. The first kappa shape index (κ1) is 13.4. The lowest BCUT2D eigenvalue weighted by molar-refractivity contribution is -0.127. The largest absolute Gasteiger partial charge is 0.371 e. The lowest BCUT2D eigenvalue weighted by Crippen LogP contribution is -2.35. The van der Waals surface area contributed by atoms with E-state index in [-0.39, 0.29) is 24.0 Å². The smallest absolute Gasteiger partial charge is 0.246 e. The minimum absolute atomic E-state index is 0.0244. The Morgan fingerprint density at radius 1 is 1.43 bits per heavy atom. The molecule has 0 aliphatic heterocycles. The Labute approximate surface area is 87.2 Å². The van der Waals surface area contributed by atoms with E-state index in [1.54, 1.807) is 0 Å². The van der Waals surface area contributed by atoms with Gasteiger partial charge in [-0.05, 0) is 18.8 Å². The predicted octanol–water partition coefficient (Wildman–Crippen LogP) is 1.96. The van der Waals surface area contributed by atoms with Gasteiger partial charge in [-0.1, -0.05) is 27.7 Å². The molecule has 1 N–H and O–H groups in total. The third-order valence-corrected chi connectivity index (χ3v) is 1.79. The molecule has 0 saturated carbocycles. The minimum Gasteiger partial charge on any atom is -0.371 e. The first-order valence-electron chi connectivity index (χ1n) is 5.22. The normalized spacial score (nSPS) is 13.8. The summed E-state index contributed by atoms with van der Waals surface area (Å²) in [5.74, 6) is -0.0244. The van der Waals surface area contributed by atoms with Gasteiger partial charge in [0.1, 0.15) is 6.61 Å². The van der Waals surface area contributed by atoms with Crippen LogP contribution in [0.5, 0.6) is 0 Å². The third kappa shape index (κ3) is 8.05. The van der Waals surface area contributed by atoms with E-state index in [2.05, 4.69) is 26.1 Å². The Morgan fingerprint density at radius 2 is 2.00 bits per heavy atom. The first-order valence-corrected chi connectivity index (χ1v) is 5.22. The molecule has 0 bridgehead atoms. The van der Waals surface area contributed by atoms with Crippen LogP contribution >= 0.6 is 0 Å². The first-order chi connectivity index (χ1) is 6.35. The summed E-state index contributed by atoms with van der Waals surface area (Å²) >= 11 is 0. The number of carbonyl (C=O) groups excluding carboxylic acids is 1. The molecule has 0 aromatic heterocycles. The molecule has 3 heteroatoms. The van der Waals surface area contributed by atoms with Crippen molar-refractivity contribution in [3.05, 3.63) is 0 Å². The molecule has 0 heterocycles. The van der Waals surface area contributed by atoms with Gasteiger partial charge >= 0.3 is 0 Å². The molecule has 0 aliphatic carbocycles. The standard InChI is InChI=1S/C11H23NO2/c1-6-9(2)12-10(13)7-14-8-11(3,4)5/h9H,6-8H2,1-5H3,(H,12,13). The van der Waals surface area contributed by atoms with Crippen molar-refractivity contribution in [3.63, 3.8) is 0 Å². The summed E-state index contributed by atoms with van der Waals surface area (Å²) in [5.41, 5.74) is 0.122. The van der Waals surface area contributed by atoms with Crippen molar-refractivity contribution in [2.45, 2.75) is 47.1 Å². The molecule has 0 aromatic carbocycles. The van der Waals surface area contributed by atoms with E-state index in [0.717, 1.165) is 6.42 Å². The molecule has 0 radical (unpaired) electrons. The topological polar surface area (TPSA) is 38.3 Å². The van der Waals surface area contributed by atoms with Gasteiger partial charge in [-0.3, -0.25) is 4.79 Å². The molecule has 3 nitrogen and oxygen atoms in total. The highest BCUT2D eigenvalue weighted by molar-refractivity contribution is 5.77. The van der Waals surface area contributed by atoms with Gasteiger partial charge in [-0.15, -0.1) is 0 Å². The van der Waals surface area contributed by atoms with Gasteiger partial charge < -0.3 is 10.1 Å². The quantitative estimate of drug-likeness (QED) is 0.738. The van der Waals surface area contributed by atoms with Crippen LogP contribution in [-0.2, 0) is 9.53 Å². The van der Waals surface area contributed by atoms with Crippen LogP contribution in [0.15, 0.2) is 0 Å². The number of hydrogen-bond donors (Lipinski definition) is 1. The Morgan fingerprint density at radius 3 is 2.43 bits per heavy atom. The summed E-state index contributed by atoms with van der Waals surface area (Å²) in [4.78, 5) is 11.3. The lowest BCUT2D eigenvalue weighted by Gasteiger charge is -2.18. The fourth-order valence-electron chi connectivity index (χ4n) is 0.868. The summed E-state index contributed by atoms with van der Waals surface area (Å²) in [6.45, 7) is 11.1. The van der Waals surface area contributed by atoms with Crippen LogP contribution in [0.25, 0.3) is 0 Å². The molecule has 0 aromatic rings. The maximum Gasteiger partial charge on any atom is 0.246 e. The fraction of sp³-hybridized carbons (Fsp3) is 0.909. The van der Waals surface area contributed by atoms with Crippen molar-refractivity contribution < 1.29 is 9.53 Å². The maximum atomic E-state index is 11.3. The van der Waals surface area contributed by atoms with Gasteiger partial charge in [0.25, 0.3) is 0 Å². The molecule has 14 heavy (non-hydrogen) atoms. The molecular weight excluding hydrogens is 178 g/mol. The average Bonchev–Trinajstić information content (AvgIpc) is 2.01. The minimum atomic E-state index is -0.0244. The second-order valence-corrected chi connectivity index (χ2v) is 4.93. The van der Waals surface area contributed by atoms with Crippen LogP contribution in [0.2, 0.25) is 0 Å². The predicted molar refractivity (Wildman–Crippen MR) is 58.2 cm³/mol. The summed E-state index contributed by atoms with van der Waals surface area (Å²) in [5, 5.41) is 2.85. The van der Waals surface area contributed by atoms with Gasteiger partial charge in [-0.25, -0.2) is 0 Å². The van der Waals surface area contributed by atoms with E-state index in [0.29, 0.717) is 6.61 Å². The Kier molecular flexibility index (Phi) is 5.77. The van der Waals surface area contributed by atoms with Crippen molar-refractivity contribution in [2.75, 3.05) is 13.2 Å². The number of carbonyl (C=O) groups is 1. The number of ether oxygens (including phenoxy) is 1. The third-order valence-electron chi connectivity index (χ3n) is 1.79. The zero-order valence-corrected chi connectivity index (χ0v) is 10.0. The SMILES string of the molecule is CCC(C)NC(=O)COCC(C)(C)C. The zero-order valence-electron chi connectivity index (χ0n) is 10.0. The van der Waals surface area contributed by atoms with Crippen LogP contribution in [-0.4, -0.2) is 25.2 Å². The van der Waals surface area contributed by atoms with Gasteiger partial charge in [0, 0.05) is 6.04 Å². The van der Waals surface area contributed by atoms with E-state index in [4.69, 9.17) is 4.74 Å². The molecule has 0 spiro atoms. The highest BCUT2D eigenvalue weighted by Crippen LogP contribution is 2.12. The van der Waals surface area contributed by atoms with Crippen molar-refractivity contribution in [3.8, 4) is 0 Å². The highest BCUT2D eigenvalue weighted by atomic mass is 16.5. The van der Waals surface area contributed by atoms with E-state index < -0.39 is 0 Å². The second-order valence-electron chi connectivity index (χ2n) is 4.93. The molecule has 1 unspecified atom stereocenters. The fourth-order valence-corrected chi connectivity index (χ4v) is 0.868. The molecule has 0 saturated heterocycles. The van der Waals surface area contributed by atoms with Crippen molar-refractivity contribution in [1.29, 1.82) is 0 Å². The van der Waals surface area contributed by atoms with Crippen molar-refractivity contribution >= 4 is 5.91 Å². The number of rotatable bonds is 5. The lowest BCUT2D eigenvalue weighted by atomic mass is 9.99. The molecule has 1 amide bonds. The number of amides is 1.